The van der Waals surface area contributed by atoms with Crippen LogP contribution in [0.1, 0.15) is 139 Å². The van der Waals surface area contributed by atoms with Crippen molar-refractivity contribution in [2.75, 3.05) is 19.6 Å². The van der Waals surface area contributed by atoms with Gasteiger partial charge >= 0.3 is 0 Å². The summed E-state index contributed by atoms with van der Waals surface area (Å²) in [5, 5.41) is 4.08. The number of carbonyl (C=O) groups excluding carboxylic acids is 3. The number of nitrogens with zero attached hydrogens (tertiary/aromatic N) is 2. The Bertz CT molecular complexity index is 1780. The van der Waals surface area contributed by atoms with Crippen molar-refractivity contribution in [3.8, 4) is 0 Å². The molecule has 0 aliphatic carbocycles. The maximum atomic E-state index is 14.2. The topological polar surface area (TPSA) is 85.5 Å². The van der Waals surface area contributed by atoms with Crippen LogP contribution in [-0.2, 0) is 15.0 Å². The van der Waals surface area contributed by atoms with Gasteiger partial charge in [-0.25, -0.2) is 8.78 Å². The van der Waals surface area contributed by atoms with Gasteiger partial charge in [0.2, 0.25) is 5.91 Å². The number of aromatic nitrogens is 1. The summed E-state index contributed by atoms with van der Waals surface area (Å²) in [5.41, 5.74) is 2.04. The molecule has 2 N–H and O–H groups in total. The normalized spacial score (nSPS) is 16.9. The number of amides is 3. The molecule has 2 aromatic carbocycles. The van der Waals surface area contributed by atoms with Gasteiger partial charge in [-0.1, -0.05) is 102 Å². The van der Waals surface area contributed by atoms with E-state index in [1.54, 1.807) is 0 Å². The number of nitrogens with one attached hydrogen (secondary N) is 2. The first-order valence-electron chi connectivity index (χ1n) is 19.9. The van der Waals surface area contributed by atoms with Crippen molar-refractivity contribution in [2.24, 2.45) is 0 Å². The lowest BCUT2D eigenvalue weighted by Gasteiger charge is -2.29. The molecular weight excluding hydrogens is 671 g/mol. The van der Waals surface area contributed by atoms with Crippen LogP contribution in [0.15, 0.2) is 60.8 Å². The van der Waals surface area contributed by atoms with Crippen LogP contribution in [0.2, 0.25) is 0 Å². The van der Waals surface area contributed by atoms with E-state index in [2.05, 4.69) is 29.4 Å². The Morgan fingerprint density at radius 2 is 1.57 bits per heavy atom. The Morgan fingerprint density at radius 1 is 0.887 bits per heavy atom. The largest absolute Gasteiger partial charge is 0.354 e. The molecule has 0 radical (unpaired) electrons. The molecule has 0 saturated carbocycles. The van der Waals surface area contributed by atoms with Crippen LogP contribution in [-0.4, -0.2) is 58.2 Å². The highest BCUT2D eigenvalue weighted by molar-refractivity contribution is 6.21. The Labute approximate surface area is 314 Å². The number of rotatable bonds is 18. The smallest absolute Gasteiger partial charge is 0.257 e. The number of aromatic amines is 1. The van der Waals surface area contributed by atoms with E-state index in [1.165, 1.54) is 75.0 Å². The molecular formula is C44H58F2N4O3. The maximum Gasteiger partial charge on any atom is 0.257 e. The van der Waals surface area contributed by atoms with Crippen molar-refractivity contribution < 1.29 is 23.2 Å². The van der Waals surface area contributed by atoms with Crippen molar-refractivity contribution in [3.63, 3.8) is 0 Å². The van der Waals surface area contributed by atoms with Crippen molar-refractivity contribution in [1.29, 1.82) is 0 Å². The number of benzene rings is 2. The van der Waals surface area contributed by atoms with E-state index in [0.29, 0.717) is 31.6 Å². The second-order valence-corrected chi connectivity index (χ2v) is 15.5. The van der Waals surface area contributed by atoms with Crippen LogP contribution in [0.3, 0.4) is 0 Å². The minimum Gasteiger partial charge on any atom is -0.354 e. The van der Waals surface area contributed by atoms with E-state index >= 15 is 0 Å². The predicted molar refractivity (Wildman–Crippen MR) is 209 cm³/mol. The molecule has 3 heterocycles. The standard InChI is InChI=1S/C44H58F2N4O3/c1-4-5-6-7-8-9-10-11-12-13-14-15-16-17-18-23-39(51)49-27-26-33(29-49)47-42(52)35-30-50(43(53)32-24-25-36(45)37(46)28-32)31-44(2,3)40-34-21-19-20-22-38(34)48-41(35)40/h11-12,19-22,24-25,28,30,33,48H,4-10,13-18,23,26-27,29,31H2,1-3H3,(H,47,52)/t33-/m1/s1. The molecule has 7 nitrogen and oxygen atoms in total. The Kier molecular flexibility index (Phi) is 14.4. The molecule has 286 valence electrons. The van der Waals surface area contributed by atoms with Gasteiger partial charge < -0.3 is 20.1 Å². The molecule has 53 heavy (non-hydrogen) atoms. The Balaban J connectivity index is 1.13. The number of halogens is 2. The first kappa shape index (κ1) is 39.9. The lowest BCUT2D eigenvalue weighted by molar-refractivity contribution is -0.130. The zero-order valence-electron chi connectivity index (χ0n) is 32.0. The first-order valence-corrected chi connectivity index (χ1v) is 19.9. The molecule has 3 aromatic rings. The molecule has 5 rings (SSSR count). The van der Waals surface area contributed by atoms with E-state index in [4.69, 9.17) is 0 Å². The van der Waals surface area contributed by atoms with Gasteiger partial charge in [-0.05, 0) is 68.4 Å². The van der Waals surface area contributed by atoms with E-state index in [-0.39, 0.29) is 35.5 Å². The number of hydrogen-bond acceptors (Lipinski definition) is 3. The SMILES string of the molecule is CCCCCCCCC=CCCCCCCCC(=O)N1CC[C@@H](NC(=O)C2=CN(C(=O)c3ccc(F)c(F)c3)CC(C)(C)c3c2[nH]c2ccccc32)C1. The Morgan fingerprint density at radius 3 is 2.28 bits per heavy atom. The van der Waals surface area contributed by atoms with E-state index in [0.717, 1.165) is 54.3 Å². The summed E-state index contributed by atoms with van der Waals surface area (Å²) >= 11 is 0. The lowest BCUT2D eigenvalue weighted by atomic mass is 9.81. The number of fused-ring (bicyclic) bond motifs is 3. The quantitative estimate of drug-likeness (QED) is 0.101. The molecule has 1 saturated heterocycles. The average molecular weight is 729 g/mol. The fourth-order valence-corrected chi connectivity index (χ4v) is 7.79. The van der Waals surface area contributed by atoms with Gasteiger partial charge in [-0.2, -0.15) is 0 Å². The third-order valence-corrected chi connectivity index (χ3v) is 10.7. The molecule has 1 atom stereocenters. The zero-order valence-corrected chi connectivity index (χ0v) is 32.0. The van der Waals surface area contributed by atoms with E-state index in [9.17, 15) is 23.2 Å². The van der Waals surface area contributed by atoms with Gasteiger partial charge in [-0.3, -0.25) is 14.4 Å². The van der Waals surface area contributed by atoms with Gasteiger partial charge in [0.25, 0.3) is 11.8 Å². The number of H-pyrrole nitrogens is 1. The number of para-hydroxylation sites is 1. The van der Waals surface area contributed by atoms with E-state index in [1.807, 2.05) is 43.0 Å². The summed E-state index contributed by atoms with van der Waals surface area (Å²) in [7, 11) is 0. The molecule has 0 spiro atoms. The molecule has 1 fully saturated rings. The molecule has 0 unspecified atom stereocenters. The van der Waals surface area contributed by atoms with E-state index < -0.39 is 23.0 Å². The average Bonchev–Trinajstić information content (AvgIpc) is 3.75. The van der Waals surface area contributed by atoms with Crippen LogP contribution in [0, 0.1) is 11.6 Å². The van der Waals surface area contributed by atoms with Gasteiger partial charge in [0, 0.05) is 60.2 Å². The fourth-order valence-electron chi connectivity index (χ4n) is 7.79. The molecule has 1 aromatic heterocycles. The summed E-state index contributed by atoms with van der Waals surface area (Å²) in [6.45, 7) is 7.48. The van der Waals surface area contributed by atoms with Crippen LogP contribution >= 0.6 is 0 Å². The monoisotopic (exact) mass is 728 g/mol. The molecule has 9 heteroatoms. The summed E-state index contributed by atoms with van der Waals surface area (Å²) in [6, 6.07) is 10.6. The first-order chi connectivity index (χ1) is 25.6. The van der Waals surface area contributed by atoms with Crippen LogP contribution < -0.4 is 5.32 Å². The predicted octanol–water partition coefficient (Wildman–Crippen LogP) is 9.98. The molecule has 2 aliphatic rings. The summed E-state index contributed by atoms with van der Waals surface area (Å²) in [4.78, 5) is 47.6. The number of carbonyl (C=O) groups is 3. The van der Waals surface area contributed by atoms with Gasteiger partial charge in [-0.15, -0.1) is 0 Å². The third-order valence-electron chi connectivity index (χ3n) is 10.7. The summed E-state index contributed by atoms with van der Waals surface area (Å²) < 4.78 is 27.9. The lowest BCUT2D eigenvalue weighted by Crippen LogP contribution is -2.39. The summed E-state index contributed by atoms with van der Waals surface area (Å²) in [5.74, 6) is -2.93. The highest BCUT2D eigenvalue weighted by Crippen LogP contribution is 2.40. The van der Waals surface area contributed by atoms with Gasteiger partial charge in [0.15, 0.2) is 11.6 Å². The number of unbranched alkanes of at least 4 members (excludes halogenated alkanes) is 11. The number of allylic oxidation sites excluding steroid dienone is 2. The fraction of sp³-hybridized carbons (Fsp3) is 0.523. The second-order valence-electron chi connectivity index (χ2n) is 15.5. The maximum absolute atomic E-state index is 14.2. The highest BCUT2D eigenvalue weighted by Gasteiger charge is 2.38. The Hall–Kier alpha value is -4.27. The zero-order chi connectivity index (χ0) is 37.8. The van der Waals surface area contributed by atoms with Gasteiger partial charge in [0.1, 0.15) is 0 Å². The summed E-state index contributed by atoms with van der Waals surface area (Å²) in [6.07, 6.45) is 23.1. The van der Waals surface area contributed by atoms with Crippen molar-refractivity contribution >= 4 is 34.2 Å². The van der Waals surface area contributed by atoms with Crippen molar-refractivity contribution in [2.45, 2.75) is 129 Å². The second kappa shape index (κ2) is 19.2. The minimum atomic E-state index is -1.11. The number of likely N-dealkylation sites (tertiary alicyclic amines) is 1. The molecule has 0 bridgehead atoms. The van der Waals surface area contributed by atoms with Crippen molar-refractivity contribution in [3.05, 3.63) is 89.3 Å². The molecule has 2 aliphatic heterocycles. The third kappa shape index (κ3) is 10.7. The minimum absolute atomic E-state index is 0.0117. The highest BCUT2D eigenvalue weighted by atomic mass is 19.2. The van der Waals surface area contributed by atoms with Crippen LogP contribution in [0.25, 0.3) is 16.5 Å². The number of hydrogen-bond donors (Lipinski definition) is 2. The molecule has 3 amide bonds. The van der Waals surface area contributed by atoms with Gasteiger partial charge in [0.05, 0.1) is 11.3 Å². The van der Waals surface area contributed by atoms with Crippen LogP contribution in [0.4, 0.5) is 8.78 Å². The van der Waals surface area contributed by atoms with Crippen molar-refractivity contribution in [1.82, 2.24) is 20.1 Å². The van der Waals surface area contributed by atoms with Crippen LogP contribution in [0.5, 0.6) is 0 Å².